The quantitative estimate of drug-likeness (QED) is 0.857. The number of benzene rings is 2. The molecule has 2 aromatic carbocycles. The van der Waals surface area contributed by atoms with Crippen molar-refractivity contribution in [2.45, 2.75) is 24.8 Å². The van der Waals surface area contributed by atoms with Crippen LogP contribution < -0.4 is 5.32 Å². The summed E-state index contributed by atoms with van der Waals surface area (Å²) >= 11 is 0. The number of nitrogens with zero attached hydrogens (tertiary/aromatic N) is 1. The van der Waals surface area contributed by atoms with Crippen molar-refractivity contribution in [2.75, 3.05) is 13.6 Å². The first-order valence-corrected chi connectivity index (χ1v) is 9.22. The van der Waals surface area contributed by atoms with Crippen molar-refractivity contribution in [1.29, 1.82) is 0 Å². The van der Waals surface area contributed by atoms with Gasteiger partial charge in [0.2, 0.25) is 15.9 Å². The predicted molar refractivity (Wildman–Crippen MR) is 94.0 cm³/mol. The number of nitrogens with one attached hydrogen (secondary N) is 1. The van der Waals surface area contributed by atoms with Gasteiger partial charge in [-0.2, -0.15) is 4.31 Å². The molecule has 1 atom stereocenters. The molecule has 0 aliphatic heterocycles. The van der Waals surface area contributed by atoms with Crippen LogP contribution in [0.2, 0.25) is 0 Å². The van der Waals surface area contributed by atoms with Crippen LogP contribution in [0.25, 0.3) is 0 Å². The van der Waals surface area contributed by atoms with Gasteiger partial charge in [0.05, 0.1) is 17.5 Å². The van der Waals surface area contributed by atoms with Crippen molar-refractivity contribution in [1.82, 2.24) is 9.62 Å². The third-order valence-corrected chi connectivity index (χ3v) is 5.66. The molecule has 0 unspecified atom stereocenters. The monoisotopic (exact) mass is 364 g/mol. The van der Waals surface area contributed by atoms with E-state index in [2.05, 4.69) is 5.32 Å². The molecule has 25 heavy (non-hydrogen) atoms. The Morgan fingerprint density at radius 1 is 1.12 bits per heavy atom. The van der Waals surface area contributed by atoms with E-state index in [1.807, 2.05) is 6.92 Å². The van der Waals surface area contributed by atoms with Crippen LogP contribution in [0.3, 0.4) is 0 Å². The first kappa shape index (κ1) is 19.1. The summed E-state index contributed by atoms with van der Waals surface area (Å²) in [5.41, 5.74) is 1.69. The molecule has 0 bridgehead atoms. The zero-order valence-corrected chi connectivity index (χ0v) is 15.2. The van der Waals surface area contributed by atoms with Gasteiger partial charge in [-0.25, -0.2) is 12.8 Å². The molecule has 1 N–H and O–H groups in total. The first-order valence-electron chi connectivity index (χ1n) is 7.78. The number of carbonyl (C=O) groups is 1. The second-order valence-corrected chi connectivity index (χ2v) is 7.96. The number of rotatable bonds is 6. The van der Waals surface area contributed by atoms with Gasteiger partial charge in [0.15, 0.2) is 0 Å². The number of halogens is 1. The molecule has 0 aliphatic carbocycles. The van der Waals surface area contributed by atoms with Gasteiger partial charge >= 0.3 is 0 Å². The van der Waals surface area contributed by atoms with Gasteiger partial charge in [0.25, 0.3) is 0 Å². The van der Waals surface area contributed by atoms with E-state index in [1.54, 1.807) is 31.2 Å². The fraction of sp³-hybridized carbons (Fsp3) is 0.278. The summed E-state index contributed by atoms with van der Waals surface area (Å²) in [4.78, 5) is 12.3. The van der Waals surface area contributed by atoms with Crippen LogP contribution in [0.4, 0.5) is 4.39 Å². The summed E-state index contributed by atoms with van der Waals surface area (Å²) in [5, 5.41) is 2.71. The van der Waals surface area contributed by atoms with Crippen molar-refractivity contribution in [3.8, 4) is 0 Å². The van der Waals surface area contributed by atoms with E-state index in [0.29, 0.717) is 0 Å². The molecular weight excluding hydrogens is 343 g/mol. The molecule has 0 spiro atoms. The van der Waals surface area contributed by atoms with Crippen molar-refractivity contribution in [3.63, 3.8) is 0 Å². The third-order valence-electron chi connectivity index (χ3n) is 3.84. The molecule has 7 heteroatoms. The maximum Gasteiger partial charge on any atom is 0.243 e. The lowest BCUT2D eigenvalue weighted by Gasteiger charge is -2.19. The standard InChI is InChI=1S/C18H21FN2O3S/c1-13-4-10-17(11-5-13)25(23,24)21(3)12-18(22)20-14(2)15-6-8-16(19)9-7-15/h4-11,14H,12H2,1-3H3,(H,20,22)/t14-/m1/s1. The van der Waals surface area contributed by atoms with E-state index in [1.165, 1.54) is 31.3 Å². The van der Waals surface area contributed by atoms with Crippen LogP contribution in [0, 0.1) is 12.7 Å². The highest BCUT2D eigenvalue weighted by Gasteiger charge is 2.23. The lowest BCUT2D eigenvalue weighted by Crippen LogP contribution is -2.39. The molecule has 0 saturated carbocycles. The average Bonchev–Trinajstić information content (AvgIpc) is 2.55. The molecule has 0 heterocycles. The summed E-state index contributed by atoms with van der Waals surface area (Å²) < 4.78 is 38.9. The molecule has 5 nitrogen and oxygen atoms in total. The van der Waals surface area contributed by atoms with Gasteiger partial charge in [-0.1, -0.05) is 29.8 Å². The minimum atomic E-state index is -3.73. The first-order chi connectivity index (χ1) is 11.7. The Kier molecular flexibility index (Phi) is 5.92. The molecule has 0 radical (unpaired) electrons. The van der Waals surface area contributed by atoms with E-state index < -0.39 is 15.9 Å². The van der Waals surface area contributed by atoms with Crippen molar-refractivity contribution < 1.29 is 17.6 Å². The maximum atomic E-state index is 12.9. The Bertz CT molecular complexity index is 834. The second-order valence-electron chi connectivity index (χ2n) is 5.91. The van der Waals surface area contributed by atoms with Crippen molar-refractivity contribution >= 4 is 15.9 Å². The second kappa shape index (κ2) is 7.76. The van der Waals surface area contributed by atoms with E-state index in [0.717, 1.165) is 15.4 Å². The molecule has 0 aliphatic rings. The van der Waals surface area contributed by atoms with Gasteiger partial charge < -0.3 is 5.32 Å². The zero-order valence-electron chi connectivity index (χ0n) is 14.4. The highest BCUT2D eigenvalue weighted by molar-refractivity contribution is 7.89. The molecule has 1 amide bonds. The number of likely N-dealkylation sites (N-methyl/N-ethyl adjacent to an activating group) is 1. The van der Waals surface area contributed by atoms with Gasteiger partial charge in [-0.15, -0.1) is 0 Å². The number of aryl methyl sites for hydroxylation is 1. The number of hydrogen-bond donors (Lipinski definition) is 1. The summed E-state index contributed by atoms with van der Waals surface area (Å²) in [5.74, 6) is -0.791. The smallest absolute Gasteiger partial charge is 0.243 e. The van der Waals surface area contributed by atoms with E-state index in [-0.39, 0.29) is 23.3 Å². The Morgan fingerprint density at radius 3 is 2.24 bits per heavy atom. The van der Waals surface area contributed by atoms with Gasteiger partial charge in [0, 0.05) is 7.05 Å². The van der Waals surface area contributed by atoms with Crippen molar-refractivity contribution in [2.24, 2.45) is 0 Å². The largest absolute Gasteiger partial charge is 0.348 e. The predicted octanol–water partition coefficient (Wildman–Crippen LogP) is 2.63. The molecule has 0 fully saturated rings. The molecule has 0 saturated heterocycles. The van der Waals surface area contributed by atoms with Gasteiger partial charge in [0.1, 0.15) is 5.82 Å². The lowest BCUT2D eigenvalue weighted by atomic mass is 10.1. The fourth-order valence-corrected chi connectivity index (χ4v) is 3.43. The highest BCUT2D eigenvalue weighted by atomic mass is 32.2. The summed E-state index contributed by atoms with van der Waals surface area (Å²) in [6.45, 7) is 3.31. The molecule has 2 rings (SSSR count). The zero-order chi connectivity index (χ0) is 18.6. The van der Waals surface area contributed by atoms with Crippen LogP contribution >= 0.6 is 0 Å². The van der Waals surface area contributed by atoms with Gasteiger partial charge in [-0.05, 0) is 43.7 Å². The molecule has 2 aromatic rings. The average molecular weight is 364 g/mol. The molecule has 134 valence electrons. The van der Waals surface area contributed by atoms with Crippen LogP contribution in [-0.2, 0) is 14.8 Å². The van der Waals surface area contributed by atoms with Crippen LogP contribution in [0.15, 0.2) is 53.4 Å². The Morgan fingerprint density at radius 2 is 1.68 bits per heavy atom. The van der Waals surface area contributed by atoms with E-state index >= 15 is 0 Å². The Labute approximate surface area is 147 Å². The summed E-state index contributed by atoms with van der Waals surface area (Å²) in [6, 6.07) is 11.9. The fourth-order valence-electron chi connectivity index (χ4n) is 2.30. The minimum absolute atomic E-state index is 0.139. The normalized spacial score (nSPS) is 12.8. The van der Waals surface area contributed by atoms with Crippen LogP contribution in [-0.4, -0.2) is 32.2 Å². The minimum Gasteiger partial charge on any atom is -0.348 e. The Balaban J connectivity index is 2.01. The topological polar surface area (TPSA) is 66.5 Å². The highest BCUT2D eigenvalue weighted by Crippen LogP contribution is 2.16. The summed E-state index contributed by atoms with van der Waals surface area (Å²) in [7, 11) is -2.38. The molecule has 0 aromatic heterocycles. The number of sulfonamides is 1. The third kappa shape index (κ3) is 4.87. The van der Waals surface area contributed by atoms with E-state index in [4.69, 9.17) is 0 Å². The maximum absolute atomic E-state index is 12.9. The number of amides is 1. The SMILES string of the molecule is Cc1ccc(S(=O)(=O)N(C)CC(=O)N[C@H](C)c2ccc(F)cc2)cc1. The Hall–Kier alpha value is -2.25. The van der Waals surface area contributed by atoms with Crippen LogP contribution in [0.5, 0.6) is 0 Å². The number of carbonyl (C=O) groups excluding carboxylic acids is 1. The van der Waals surface area contributed by atoms with E-state index in [9.17, 15) is 17.6 Å². The summed E-state index contributed by atoms with van der Waals surface area (Å²) in [6.07, 6.45) is 0. The lowest BCUT2D eigenvalue weighted by molar-refractivity contribution is -0.121. The van der Waals surface area contributed by atoms with Crippen molar-refractivity contribution in [3.05, 3.63) is 65.5 Å². The van der Waals surface area contributed by atoms with Crippen LogP contribution in [0.1, 0.15) is 24.1 Å². The molecular formula is C18H21FN2O3S. The number of hydrogen-bond acceptors (Lipinski definition) is 3. The van der Waals surface area contributed by atoms with Gasteiger partial charge in [-0.3, -0.25) is 4.79 Å².